The molecule has 4 N–H and O–H groups in total. The molecule has 3 atom stereocenters. The van der Waals surface area contributed by atoms with E-state index in [-0.39, 0.29) is 19.4 Å². The van der Waals surface area contributed by atoms with Crippen molar-refractivity contribution in [1.29, 1.82) is 0 Å². The third-order valence-electron chi connectivity index (χ3n) is 7.65. The Bertz CT molecular complexity index is 984. The van der Waals surface area contributed by atoms with Gasteiger partial charge >= 0.3 is 25.7 Å². The Morgan fingerprint density at radius 3 is 1.71 bits per heavy atom. The van der Waals surface area contributed by atoms with Gasteiger partial charge in [0, 0.05) is 12.8 Å². The van der Waals surface area contributed by atoms with Crippen LogP contribution in [0.2, 0.25) is 0 Å². The van der Waals surface area contributed by atoms with Gasteiger partial charge in [0.1, 0.15) is 12.6 Å². The zero-order valence-corrected chi connectivity index (χ0v) is 31.2. The number of phosphoric ester groups is 1. The normalized spacial score (nSPS) is 14.4. The molecule has 0 fully saturated rings. The molecule has 0 aliphatic heterocycles. The maximum atomic E-state index is 12.5. The van der Waals surface area contributed by atoms with Gasteiger partial charge in [0.05, 0.1) is 13.2 Å². The molecule has 0 radical (unpaired) electrons. The molecule has 11 nitrogen and oxygen atoms in total. The summed E-state index contributed by atoms with van der Waals surface area (Å²) in [4.78, 5) is 45.6. The number of carboxylic acid groups (broad SMARTS) is 1. The summed E-state index contributed by atoms with van der Waals surface area (Å²) in [6.45, 7) is 2.62. The summed E-state index contributed by atoms with van der Waals surface area (Å²) in [5, 5.41) is 8.84. The number of carboxylic acids is 1. The van der Waals surface area contributed by atoms with Crippen LogP contribution in [-0.2, 0) is 37.5 Å². The SMILES string of the molecule is CC/C=C\C/C=C\C/C=C\CCCCCCCCCC(=O)OC(COC(=O)CCCCCCCCCC)COP(=O)(O)OCC(N)C(=O)O. The van der Waals surface area contributed by atoms with Crippen molar-refractivity contribution in [2.75, 3.05) is 19.8 Å². The number of esters is 2. The van der Waals surface area contributed by atoms with E-state index >= 15 is 0 Å². The standard InChI is InChI=1S/C37H66NO10P/c1-3-5-7-9-11-13-14-15-16-17-18-19-20-21-23-25-27-29-36(40)48-33(31-46-49(43,44)47-32-34(38)37(41)42)30-45-35(39)28-26-24-22-12-10-8-6-4-2/h5,7,11,13,15-16,33-34H,3-4,6,8-10,12,14,17-32,38H2,1-2H3,(H,41,42)(H,43,44)/b7-5-,13-11-,16-15-. The molecule has 12 heteroatoms. The summed E-state index contributed by atoms with van der Waals surface area (Å²) in [6, 6.07) is -1.52. The topological polar surface area (TPSA) is 172 Å². The first-order valence-corrected chi connectivity index (χ1v) is 20.0. The van der Waals surface area contributed by atoms with Crippen LogP contribution in [0.4, 0.5) is 0 Å². The summed E-state index contributed by atoms with van der Waals surface area (Å²) >= 11 is 0. The van der Waals surface area contributed by atoms with Gasteiger partial charge in [-0.25, -0.2) is 4.57 Å². The largest absolute Gasteiger partial charge is 0.480 e. The van der Waals surface area contributed by atoms with Crippen LogP contribution in [0.25, 0.3) is 0 Å². The summed E-state index contributed by atoms with van der Waals surface area (Å²) in [5.41, 5.74) is 5.30. The van der Waals surface area contributed by atoms with E-state index < -0.39 is 51.1 Å². The highest BCUT2D eigenvalue weighted by atomic mass is 31.2. The van der Waals surface area contributed by atoms with Gasteiger partial charge in [-0.2, -0.15) is 0 Å². The molecular formula is C37H66NO10P. The van der Waals surface area contributed by atoms with Crippen LogP contribution < -0.4 is 5.73 Å². The van der Waals surface area contributed by atoms with E-state index in [1.165, 1.54) is 32.1 Å². The van der Waals surface area contributed by atoms with Crippen molar-refractivity contribution < 1.29 is 47.5 Å². The molecule has 0 heterocycles. The van der Waals surface area contributed by atoms with Gasteiger partial charge in [0.25, 0.3) is 0 Å². The molecule has 0 rings (SSSR count). The molecule has 0 aliphatic carbocycles. The predicted octanol–water partition coefficient (Wildman–Crippen LogP) is 8.89. The van der Waals surface area contributed by atoms with Crippen LogP contribution in [0.15, 0.2) is 36.5 Å². The van der Waals surface area contributed by atoms with Gasteiger partial charge in [0.2, 0.25) is 0 Å². The number of nitrogens with two attached hydrogens (primary N) is 1. The molecule has 0 aromatic heterocycles. The summed E-state index contributed by atoms with van der Waals surface area (Å²) in [5.74, 6) is -2.40. The fourth-order valence-corrected chi connectivity index (χ4v) is 5.50. The van der Waals surface area contributed by atoms with Gasteiger partial charge in [-0.3, -0.25) is 23.4 Å². The minimum absolute atomic E-state index is 0.150. The fraction of sp³-hybridized carbons (Fsp3) is 0.757. The van der Waals surface area contributed by atoms with Crippen LogP contribution >= 0.6 is 7.82 Å². The number of phosphoric acid groups is 1. The molecule has 284 valence electrons. The Hall–Kier alpha value is -2.30. The molecule has 0 aromatic carbocycles. The average molecular weight is 716 g/mol. The lowest BCUT2D eigenvalue weighted by Gasteiger charge is -2.20. The van der Waals surface area contributed by atoms with Crippen LogP contribution in [0.5, 0.6) is 0 Å². The highest BCUT2D eigenvalue weighted by molar-refractivity contribution is 7.47. The summed E-state index contributed by atoms with van der Waals surface area (Å²) in [6.07, 6.45) is 32.3. The van der Waals surface area contributed by atoms with E-state index in [0.717, 1.165) is 77.0 Å². The van der Waals surface area contributed by atoms with Crippen LogP contribution in [0.3, 0.4) is 0 Å². The Balaban J connectivity index is 4.41. The number of ether oxygens (including phenoxy) is 2. The number of carbonyl (C=O) groups is 3. The number of hydrogen-bond donors (Lipinski definition) is 3. The number of carbonyl (C=O) groups excluding carboxylic acids is 2. The number of aliphatic carboxylic acids is 1. The van der Waals surface area contributed by atoms with Gasteiger partial charge < -0.3 is 25.2 Å². The molecule has 0 saturated heterocycles. The summed E-state index contributed by atoms with van der Waals surface area (Å²) < 4.78 is 32.5. The van der Waals surface area contributed by atoms with Crippen molar-refractivity contribution in [2.45, 2.75) is 161 Å². The second-order valence-corrected chi connectivity index (χ2v) is 13.8. The van der Waals surface area contributed by atoms with E-state index in [9.17, 15) is 23.8 Å². The highest BCUT2D eigenvalue weighted by Crippen LogP contribution is 2.43. The fourth-order valence-electron chi connectivity index (χ4n) is 4.72. The van der Waals surface area contributed by atoms with Crippen molar-refractivity contribution in [3.05, 3.63) is 36.5 Å². The second-order valence-electron chi connectivity index (χ2n) is 12.3. The van der Waals surface area contributed by atoms with Crippen molar-refractivity contribution in [1.82, 2.24) is 0 Å². The van der Waals surface area contributed by atoms with E-state index in [2.05, 4.69) is 54.8 Å². The van der Waals surface area contributed by atoms with Crippen LogP contribution in [0, 0.1) is 0 Å². The van der Waals surface area contributed by atoms with E-state index in [1.54, 1.807) is 0 Å². The molecule has 0 saturated carbocycles. The first-order chi connectivity index (χ1) is 23.6. The Labute approximate surface area is 295 Å². The zero-order valence-electron chi connectivity index (χ0n) is 30.3. The average Bonchev–Trinajstić information content (AvgIpc) is 3.07. The van der Waals surface area contributed by atoms with Gasteiger partial charge in [-0.05, 0) is 44.9 Å². The second kappa shape index (κ2) is 32.9. The minimum Gasteiger partial charge on any atom is -0.480 e. The Kier molecular flexibility index (Phi) is 31.3. The van der Waals surface area contributed by atoms with E-state index in [1.807, 2.05) is 0 Å². The molecule has 0 amide bonds. The molecule has 49 heavy (non-hydrogen) atoms. The molecular weight excluding hydrogens is 649 g/mol. The lowest BCUT2D eigenvalue weighted by Crippen LogP contribution is -2.34. The minimum atomic E-state index is -4.71. The highest BCUT2D eigenvalue weighted by Gasteiger charge is 2.28. The van der Waals surface area contributed by atoms with Crippen LogP contribution in [-0.4, -0.2) is 59.9 Å². The van der Waals surface area contributed by atoms with Crippen molar-refractivity contribution in [3.8, 4) is 0 Å². The van der Waals surface area contributed by atoms with Crippen LogP contribution in [0.1, 0.15) is 149 Å². The van der Waals surface area contributed by atoms with Gasteiger partial charge in [-0.1, -0.05) is 127 Å². The maximum absolute atomic E-state index is 12.5. The number of rotatable bonds is 34. The van der Waals surface area contributed by atoms with Crippen molar-refractivity contribution in [2.24, 2.45) is 5.73 Å². The molecule has 0 aromatic rings. The van der Waals surface area contributed by atoms with Crippen molar-refractivity contribution >= 4 is 25.7 Å². The smallest absolute Gasteiger partial charge is 0.472 e. The first-order valence-electron chi connectivity index (χ1n) is 18.5. The predicted molar refractivity (Wildman–Crippen MR) is 194 cm³/mol. The zero-order chi connectivity index (χ0) is 36.4. The molecule has 0 spiro atoms. The lowest BCUT2D eigenvalue weighted by molar-refractivity contribution is -0.161. The Morgan fingerprint density at radius 1 is 0.653 bits per heavy atom. The summed E-state index contributed by atoms with van der Waals surface area (Å²) in [7, 11) is -4.71. The van der Waals surface area contributed by atoms with E-state index in [0.29, 0.717) is 12.8 Å². The number of hydrogen-bond acceptors (Lipinski definition) is 9. The molecule has 0 aliphatic rings. The maximum Gasteiger partial charge on any atom is 0.472 e. The third kappa shape index (κ3) is 32.7. The lowest BCUT2D eigenvalue weighted by atomic mass is 10.1. The first kappa shape index (κ1) is 46.7. The molecule has 3 unspecified atom stereocenters. The van der Waals surface area contributed by atoms with E-state index in [4.69, 9.17) is 24.8 Å². The third-order valence-corrected chi connectivity index (χ3v) is 8.60. The van der Waals surface area contributed by atoms with Gasteiger partial charge in [0.15, 0.2) is 6.10 Å². The quantitative estimate of drug-likeness (QED) is 0.0251. The van der Waals surface area contributed by atoms with Crippen molar-refractivity contribution in [3.63, 3.8) is 0 Å². The number of allylic oxidation sites excluding steroid dienone is 6. The Morgan fingerprint density at radius 2 is 1.14 bits per heavy atom. The number of unbranched alkanes of at least 4 members (excludes halogenated alkanes) is 14. The monoisotopic (exact) mass is 715 g/mol. The molecule has 0 bridgehead atoms. The van der Waals surface area contributed by atoms with Gasteiger partial charge in [-0.15, -0.1) is 0 Å².